The van der Waals surface area contributed by atoms with Crippen LogP contribution in [-0.2, 0) is 0 Å². The Morgan fingerprint density at radius 2 is 2.17 bits per heavy atom. The zero-order valence-electron chi connectivity index (χ0n) is 6.97. The van der Waals surface area contributed by atoms with Crippen LogP contribution in [0, 0.1) is 11.8 Å². The van der Waals surface area contributed by atoms with Crippen molar-refractivity contribution in [1.29, 1.82) is 0 Å². The van der Waals surface area contributed by atoms with E-state index in [0.717, 1.165) is 9.81 Å². The monoisotopic (exact) mass is 296 g/mol. The van der Waals surface area contributed by atoms with Crippen molar-refractivity contribution < 1.29 is 5.11 Å². The minimum Gasteiger partial charge on any atom is -0.396 e. The Kier molecular flexibility index (Phi) is 4.84. The molecule has 2 atom stereocenters. The van der Waals surface area contributed by atoms with E-state index in [1.807, 2.05) is 0 Å². The van der Waals surface area contributed by atoms with Gasteiger partial charge in [0, 0.05) is 6.61 Å². The van der Waals surface area contributed by atoms with E-state index < -0.39 is 0 Å². The van der Waals surface area contributed by atoms with Crippen LogP contribution in [0.5, 0.6) is 0 Å². The first kappa shape index (κ1) is 10.7. The third kappa shape index (κ3) is 3.58. The molecule has 12 heavy (non-hydrogen) atoms. The summed E-state index contributed by atoms with van der Waals surface area (Å²) in [6.45, 7) is 0.351. The molecule has 0 heterocycles. The number of rotatable bonds is 2. The van der Waals surface area contributed by atoms with Gasteiger partial charge < -0.3 is 5.11 Å². The molecule has 2 unspecified atom stereocenters. The van der Waals surface area contributed by atoms with Gasteiger partial charge in [-0.1, -0.05) is 12.5 Å². The molecule has 0 saturated heterocycles. The van der Waals surface area contributed by atoms with Gasteiger partial charge in [-0.05, 0) is 63.0 Å². The van der Waals surface area contributed by atoms with E-state index in [1.54, 1.807) is 0 Å². The highest BCUT2D eigenvalue weighted by Gasteiger charge is 2.19. The van der Waals surface area contributed by atoms with E-state index in [9.17, 15) is 0 Å². The van der Waals surface area contributed by atoms with Gasteiger partial charge in [-0.15, -0.1) is 0 Å². The summed E-state index contributed by atoms with van der Waals surface area (Å²) >= 11 is 6.73. The minimum absolute atomic E-state index is 0.351. The van der Waals surface area contributed by atoms with Crippen LogP contribution in [-0.4, -0.2) is 11.7 Å². The van der Waals surface area contributed by atoms with Gasteiger partial charge in [-0.2, -0.15) is 0 Å². The van der Waals surface area contributed by atoms with Crippen molar-refractivity contribution >= 4 is 31.9 Å². The van der Waals surface area contributed by atoms with E-state index in [4.69, 9.17) is 5.11 Å². The zero-order valence-corrected chi connectivity index (χ0v) is 10.1. The first-order valence-corrected chi connectivity index (χ1v) is 5.94. The van der Waals surface area contributed by atoms with E-state index in [0.29, 0.717) is 18.4 Å². The van der Waals surface area contributed by atoms with Crippen molar-refractivity contribution in [2.45, 2.75) is 25.7 Å². The highest BCUT2D eigenvalue weighted by atomic mass is 79.9. The van der Waals surface area contributed by atoms with Gasteiger partial charge in [0.1, 0.15) is 0 Å². The second-order valence-corrected chi connectivity index (χ2v) is 6.20. The Morgan fingerprint density at radius 3 is 2.75 bits per heavy atom. The fourth-order valence-electron chi connectivity index (χ4n) is 1.83. The van der Waals surface area contributed by atoms with Crippen LogP contribution in [0.25, 0.3) is 0 Å². The number of aliphatic hydroxyl groups is 1. The maximum absolute atomic E-state index is 9.00. The van der Waals surface area contributed by atoms with E-state index in [1.165, 1.54) is 19.3 Å². The van der Waals surface area contributed by atoms with Crippen LogP contribution in [0.15, 0.2) is 9.47 Å². The Bertz CT molecular complexity index is 164. The lowest BCUT2D eigenvalue weighted by Gasteiger charge is -2.25. The SMILES string of the molecule is OCC1CCCC(C=C(Br)Br)C1. The fourth-order valence-corrected chi connectivity index (χ4v) is 2.58. The third-order valence-corrected chi connectivity index (χ3v) is 2.97. The van der Waals surface area contributed by atoms with E-state index in [2.05, 4.69) is 37.9 Å². The Morgan fingerprint density at radius 1 is 1.42 bits per heavy atom. The van der Waals surface area contributed by atoms with Gasteiger partial charge in [-0.25, -0.2) is 0 Å². The van der Waals surface area contributed by atoms with E-state index in [-0.39, 0.29) is 0 Å². The standard InChI is InChI=1S/C9H14Br2O/c10-9(11)5-7-2-1-3-8(4-7)6-12/h5,7-8,12H,1-4,6H2. The lowest BCUT2D eigenvalue weighted by atomic mass is 9.82. The second kappa shape index (κ2) is 5.40. The van der Waals surface area contributed by atoms with Crippen molar-refractivity contribution in [3.63, 3.8) is 0 Å². The van der Waals surface area contributed by atoms with Crippen LogP contribution in [0.4, 0.5) is 0 Å². The lowest BCUT2D eigenvalue weighted by Crippen LogP contribution is -2.16. The molecule has 0 aromatic carbocycles. The van der Waals surface area contributed by atoms with Crippen molar-refractivity contribution in [2.75, 3.05) is 6.61 Å². The predicted molar refractivity (Wildman–Crippen MR) is 58.5 cm³/mol. The number of halogens is 2. The summed E-state index contributed by atoms with van der Waals surface area (Å²) in [5.41, 5.74) is 0. The highest BCUT2D eigenvalue weighted by Crippen LogP contribution is 2.31. The first-order valence-electron chi connectivity index (χ1n) is 4.36. The highest BCUT2D eigenvalue weighted by molar-refractivity contribution is 9.28. The smallest absolute Gasteiger partial charge is 0.0567 e. The van der Waals surface area contributed by atoms with Gasteiger partial charge in [-0.3, -0.25) is 0 Å². The predicted octanol–water partition coefficient (Wildman–Crippen LogP) is 3.42. The van der Waals surface area contributed by atoms with Crippen LogP contribution < -0.4 is 0 Å². The molecule has 1 aliphatic rings. The molecule has 1 aliphatic carbocycles. The molecular formula is C9H14Br2O. The Hall–Kier alpha value is 0.660. The van der Waals surface area contributed by atoms with E-state index >= 15 is 0 Å². The molecular weight excluding hydrogens is 284 g/mol. The molecule has 0 aromatic heterocycles. The molecule has 0 spiro atoms. The number of hydrogen-bond donors (Lipinski definition) is 1. The molecule has 1 saturated carbocycles. The quantitative estimate of drug-likeness (QED) is 0.828. The topological polar surface area (TPSA) is 20.2 Å². The zero-order chi connectivity index (χ0) is 8.97. The molecule has 1 fully saturated rings. The maximum Gasteiger partial charge on any atom is 0.0567 e. The molecule has 1 rings (SSSR count). The molecule has 0 bridgehead atoms. The molecule has 1 nitrogen and oxygen atoms in total. The summed E-state index contributed by atoms with van der Waals surface area (Å²) < 4.78 is 1.04. The van der Waals surface area contributed by atoms with Crippen LogP contribution in [0.3, 0.4) is 0 Å². The summed E-state index contributed by atoms with van der Waals surface area (Å²) in [4.78, 5) is 0. The molecule has 70 valence electrons. The molecule has 0 aliphatic heterocycles. The average Bonchev–Trinajstić information content (AvgIpc) is 2.03. The van der Waals surface area contributed by atoms with Gasteiger partial charge in [0.15, 0.2) is 0 Å². The van der Waals surface area contributed by atoms with Crippen LogP contribution >= 0.6 is 31.9 Å². The fraction of sp³-hybridized carbons (Fsp3) is 0.778. The Labute approximate surface area is 90.5 Å². The van der Waals surface area contributed by atoms with Crippen molar-refractivity contribution in [1.82, 2.24) is 0 Å². The summed E-state index contributed by atoms with van der Waals surface area (Å²) in [6, 6.07) is 0. The molecule has 1 N–H and O–H groups in total. The normalized spacial score (nSPS) is 29.9. The van der Waals surface area contributed by atoms with Crippen molar-refractivity contribution in [2.24, 2.45) is 11.8 Å². The maximum atomic E-state index is 9.00. The van der Waals surface area contributed by atoms with Crippen molar-refractivity contribution in [3.05, 3.63) is 9.47 Å². The first-order chi connectivity index (χ1) is 5.72. The number of aliphatic hydroxyl groups excluding tert-OH is 1. The van der Waals surface area contributed by atoms with Gasteiger partial charge in [0.25, 0.3) is 0 Å². The Balaban J connectivity index is 2.40. The van der Waals surface area contributed by atoms with Gasteiger partial charge >= 0.3 is 0 Å². The second-order valence-electron chi connectivity index (χ2n) is 3.43. The van der Waals surface area contributed by atoms with Crippen molar-refractivity contribution in [3.8, 4) is 0 Å². The minimum atomic E-state index is 0.351. The third-order valence-electron chi connectivity index (χ3n) is 2.44. The van der Waals surface area contributed by atoms with Crippen LogP contribution in [0.1, 0.15) is 25.7 Å². The summed E-state index contributed by atoms with van der Waals surface area (Å²) in [5.74, 6) is 1.17. The molecule has 3 heteroatoms. The lowest BCUT2D eigenvalue weighted by molar-refractivity contribution is 0.174. The largest absolute Gasteiger partial charge is 0.396 e. The number of allylic oxidation sites excluding steroid dienone is 1. The molecule has 0 amide bonds. The molecule has 0 radical (unpaired) electrons. The number of hydrogen-bond acceptors (Lipinski definition) is 1. The summed E-state index contributed by atoms with van der Waals surface area (Å²) in [6.07, 6.45) is 7.04. The van der Waals surface area contributed by atoms with Gasteiger partial charge in [0.05, 0.1) is 3.39 Å². The van der Waals surface area contributed by atoms with Gasteiger partial charge in [0.2, 0.25) is 0 Å². The summed E-state index contributed by atoms with van der Waals surface area (Å²) in [7, 11) is 0. The van der Waals surface area contributed by atoms with Crippen LogP contribution in [0.2, 0.25) is 0 Å². The summed E-state index contributed by atoms with van der Waals surface area (Å²) in [5, 5.41) is 9.00. The average molecular weight is 298 g/mol. The molecule has 0 aromatic rings.